The molecule has 5 heteroatoms. The first-order chi connectivity index (χ1) is 7.60. The van der Waals surface area contributed by atoms with Gasteiger partial charge < -0.3 is 8.53 Å². The minimum atomic E-state index is -0.916. The topological polar surface area (TPSA) is 35.5 Å². The molecule has 1 fully saturated rings. The lowest BCUT2D eigenvalue weighted by atomic mass is 10.2. The highest BCUT2D eigenvalue weighted by Crippen LogP contribution is 2.29. The minimum absolute atomic E-state index is 0. The van der Waals surface area contributed by atoms with Crippen LogP contribution in [0.5, 0.6) is 0 Å². The molecule has 0 spiro atoms. The summed E-state index contributed by atoms with van der Waals surface area (Å²) in [6, 6.07) is 1.30. The molecule has 0 bridgehead atoms. The third-order valence-corrected chi connectivity index (χ3v) is 11.4. The predicted molar refractivity (Wildman–Crippen MR) is 76.0 cm³/mol. The first-order valence-electron chi connectivity index (χ1n) is 6.38. The van der Waals surface area contributed by atoms with Crippen molar-refractivity contribution in [1.29, 1.82) is 0 Å². The molecule has 1 heterocycles. The van der Waals surface area contributed by atoms with Crippen LogP contribution in [0.15, 0.2) is 0 Å². The van der Waals surface area contributed by atoms with Gasteiger partial charge in [0.1, 0.15) is 0 Å². The van der Waals surface area contributed by atoms with Gasteiger partial charge in [-0.2, -0.15) is 0 Å². The Hall–Kier alpha value is 0.179. The van der Waals surface area contributed by atoms with Gasteiger partial charge in [0.25, 0.3) is 5.97 Å². The first kappa shape index (κ1) is 17.2. The van der Waals surface area contributed by atoms with Gasteiger partial charge in [0.15, 0.2) is 0 Å². The summed E-state index contributed by atoms with van der Waals surface area (Å²) in [5.41, 5.74) is 0. The van der Waals surface area contributed by atoms with Crippen molar-refractivity contribution in [1.82, 2.24) is 0 Å². The summed E-state index contributed by atoms with van der Waals surface area (Å²) in [5, 5.41) is 0. The molecule has 1 radical (unpaired) electrons. The third-order valence-electron chi connectivity index (χ3n) is 3.52. The Kier molecular flexibility index (Phi) is 8.40. The zero-order valence-corrected chi connectivity index (χ0v) is 14.3. The van der Waals surface area contributed by atoms with E-state index in [2.05, 4.69) is 13.5 Å². The Morgan fingerprint density at radius 1 is 1.53 bits per heavy atom. The van der Waals surface area contributed by atoms with Gasteiger partial charge in [-0.05, 0) is 19.3 Å². The van der Waals surface area contributed by atoms with E-state index in [1.807, 2.05) is 0 Å². The van der Waals surface area contributed by atoms with E-state index >= 15 is 0 Å². The lowest BCUT2D eigenvalue weighted by Gasteiger charge is -2.40. The maximum absolute atomic E-state index is 11.0. The van der Waals surface area contributed by atoms with Crippen molar-refractivity contribution < 1.29 is 13.3 Å². The zero-order valence-electron chi connectivity index (χ0n) is 11.8. The Bertz CT molecular complexity index is 230. The molecule has 2 unspecified atom stereocenters. The van der Waals surface area contributed by atoms with E-state index < -0.39 is 24.3 Å². The fourth-order valence-corrected chi connectivity index (χ4v) is 8.00. The second-order valence-electron chi connectivity index (χ2n) is 4.84. The van der Waals surface area contributed by atoms with Crippen LogP contribution in [0.2, 0.25) is 12.6 Å². The second kappa shape index (κ2) is 8.31. The van der Waals surface area contributed by atoms with Crippen LogP contribution in [0.25, 0.3) is 0 Å². The molecular formula is C12H26AlO3Si. The van der Waals surface area contributed by atoms with Crippen LogP contribution < -0.4 is 0 Å². The summed E-state index contributed by atoms with van der Waals surface area (Å²) in [5.74, 6) is -0.127. The molecule has 1 saturated heterocycles. The molecule has 0 N–H and O–H groups in total. The predicted octanol–water partition coefficient (Wildman–Crippen LogP) is 2.05. The molecule has 3 nitrogen and oxygen atoms in total. The lowest BCUT2D eigenvalue weighted by molar-refractivity contribution is -0.132. The SMILES string of the molecule is CCC[SiH](C)[C]1([AlH][O]C(C)=O)CCCCO1.[CH3]. The van der Waals surface area contributed by atoms with Crippen molar-refractivity contribution in [2.24, 2.45) is 0 Å². The normalized spacial score (nSPS) is 25.6. The van der Waals surface area contributed by atoms with E-state index in [9.17, 15) is 4.79 Å². The quantitative estimate of drug-likeness (QED) is 0.719. The summed E-state index contributed by atoms with van der Waals surface area (Å²) >= 11 is -0.867. The molecule has 1 rings (SSSR count). The highest BCUT2D eigenvalue weighted by Gasteiger charge is 2.43. The number of carbonyl (C=O) groups is 1. The molecule has 1 aliphatic heterocycles. The van der Waals surface area contributed by atoms with E-state index in [-0.39, 0.29) is 17.5 Å². The van der Waals surface area contributed by atoms with E-state index in [1.165, 1.54) is 32.2 Å². The molecule has 0 amide bonds. The van der Waals surface area contributed by atoms with Crippen molar-refractivity contribution >= 4 is 30.3 Å². The number of carbonyl (C=O) groups excluding carboxylic acids is 1. The minimum Gasteiger partial charge on any atom is -0.618 e. The van der Waals surface area contributed by atoms with Crippen LogP contribution in [-0.4, -0.2) is 41.0 Å². The number of hydrogen-bond donors (Lipinski definition) is 0. The van der Waals surface area contributed by atoms with E-state index in [0.29, 0.717) is 0 Å². The molecular weight excluding hydrogens is 247 g/mol. The molecule has 0 saturated carbocycles. The van der Waals surface area contributed by atoms with Gasteiger partial charge in [0.2, 0.25) is 0 Å². The fraction of sp³-hybridized carbons (Fsp3) is 0.833. The van der Waals surface area contributed by atoms with Crippen LogP contribution in [-0.2, 0) is 13.3 Å². The van der Waals surface area contributed by atoms with Gasteiger partial charge in [-0.25, -0.2) is 0 Å². The Morgan fingerprint density at radius 3 is 2.71 bits per heavy atom. The first-order valence-corrected chi connectivity index (χ1v) is 10.2. The maximum atomic E-state index is 11.0. The van der Waals surface area contributed by atoms with Crippen LogP contribution in [0, 0.1) is 7.43 Å². The Balaban J connectivity index is 0.00000256. The molecule has 0 aromatic heterocycles. The van der Waals surface area contributed by atoms with Crippen LogP contribution in [0.4, 0.5) is 0 Å². The van der Waals surface area contributed by atoms with Gasteiger partial charge in [0, 0.05) is 13.5 Å². The van der Waals surface area contributed by atoms with Gasteiger partial charge >= 0.3 is 15.6 Å². The number of rotatable bonds is 5. The molecule has 2 atom stereocenters. The molecule has 99 valence electrons. The monoisotopic (exact) mass is 273 g/mol. The van der Waals surface area contributed by atoms with Gasteiger partial charge in [-0.1, -0.05) is 33.4 Å². The van der Waals surface area contributed by atoms with E-state index in [4.69, 9.17) is 8.53 Å². The largest absolute Gasteiger partial charge is 0.618 e. The number of hydrogen-bond acceptors (Lipinski definition) is 3. The number of ether oxygens (including phenoxy) is 1. The second-order valence-corrected chi connectivity index (χ2v) is 10.9. The standard InChI is InChI=1S/C9H19OSi.C2H4O2.CH3.Al.H/c1-3-8-11(2)9-6-4-5-7-10-9;1-2(3)4;;;/h11H,3-8H2,1-2H3;1H3,(H,3,4);1H3;;/q;;;+1;/p-1. The van der Waals surface area contributed by atoms with Gasteiger partial charge in [0.05, 0.1) is 12.9 Å². The summed E-state index contributed by atoms with van der Waals surface area (Å²) in [6.45, 7) is 6.99. The zero-order chi connectivity index (χ0) is 12.0. The molecule has 0 aliphatic carbocycles. The molecule has 1 aliphatic rings. The fourth-order valence-electron chi connectivity index (χ4n) is 2.44. The summed E-state index contributed by atoms with van der Waals surface area (Å²) in [6.07, 6.45) is 4.78. The third kappa shape index (κ3) is 5.13. The summed E-state index contributed by atoms with van der Waals surface area (Å²) < 4.78 is 11.5. The summed E-state index contributed by atoms with van der Waals surface area (Å²) in [4.78, 5) is 11.0. The van der Waals surface area contributed by atoms with Crippen molar-refractivity contribution in [2.75, 3.05) is 6.61 Å². The Morgan fingerprint density at radius 2 is 2.24 bits per heavy atom. The molecule has 0 aromatic rings. The van der Waals surface area contributed by atoms with E-state index in [1.54, 1.807) is 0 Å². The van der Waals surface area contributed by atoms with Crippen molar-refractivity contribution in [3.8, 4) is 0 Å². The van der Waals surface area contributed by atoms with Crippen molar-refractivity contribution in [3.05, 3.63) is 7.43 Å². The average molecular weight is 273 g/mol. The lowest BCUT2D eigenvalue weighted by Crippen LogP contribution is -2.54. The van der Waals surface area contributed by atoms with Gasteiger partial charge in [-0.3, -0.25) is 4.79 Å². The maximum Gasteiger partial charge on any atom is 0.555 e. The van der Waals surface area contributed by atoms with E-state index in [0.717, 1.165) is 13.0 Å². The molecule has 17 heavy (non-hydrogen) atoms. The Labute approximate surface area is 114 Å². The molecule has 0 aromatic carbocycles. The van der Waals surface area contributed by atoms with Crippen LogP contribution in [0.3, 0.4) is 0 Å². The van der Waals surface area contributed by atoms with Crippen LogP contribution >= 0.6 is 0 Å². The van der Waals surface area contributed by atoms with Crippen molar-refractivity contribution in [2.45, 2.75) is 56.2 Å². The van der Waals surface area contributed by atoms with Crippen LogP contribution in [0.1, 0.15) is 39.5 Å². The van der Waals surface area contributed by atoms with Crippen molar-refractivity contribution in [3.63, 3.8) is 0 Å². The highest BCUT2D eigenvalue weighted by atomic mass is 28.3. The average Bonchev–Trinajstić information content (AvgIpc) is 2.28. The highest BCUT2D eigenvalue weighted by molar-refractivity contribution is 6.72. The smallest absolute Gasteiger partial charge is 0.555 e. The summed E-state index contributed by atoms with van der Waals surface area (Å²) in [7, 11) is -0.916. The van der Waals surface area contributed by atoms with Gasteiger partial charge in [-0.15, -0.1) is 0 Å².